The molecule has 0 radical (unpaired) electrons. The fraction of sp³-hybridized carbons (Fsp3) is 0.556. The van der Waals surface area contributed by atoms with Gasteiger partial charge in [0.1, 0.15) is 0 Å². The summed E-state index contributed by atoms with van der Waals surface area (Å²) in [6.45, 7) is 0. The van der Waals surface area contributed by atoms with Crippen LogP contribution in [0, 0.1) is 5.13 Å². The molecule has 4 heteroatoms. The van der Waals surface area contributed by atoms with Crippen LogP contribution < -0.4 is 5.32 Å². The van der Waals surface area contributed by atoms with Crippen molar-refractivity contribution in [1.29, 1.82) is 0 Å². The lowest BCUT2D eigenvalue weighted by Crippen LogP contribution is -2.30. The summed E-state index contributed by atoms with van der Waals surface area (Å²) in [4.78, 5) is 1.23. The second kappa shape index (κ2) is 4.40. The van der Waals surface area contributed by atoms with Crippen LogP contribution in [0.5, 0.6) is 0 Å². The van der Waals surface area contributed by atoms with Crippen LogP contribution in [0.4, 0.5) is 4.39 Å². The Morgan fingerprint density at radius 3 is 3.08 bits per heavy atom. The molecule has 1 N–H and O–H groups in total. The number of hydrogen-bond acceptors (Lipinski definition) is 2. The van der Waals surface area contributed by atoms with Gasteiger partial charge in [0.25, 0.3) is 0 Å². The van der Waals surface area contributed by atoms with Gasteiger partial charge in [-0.2, -0.15) is 4.39 Å². The second-order valence-corrected chi connectivity index (χ2v) is 4.31. The molecule has 1 aliphatic rings. The first kappa shape index (κ1) is 11.0. The monoisotopic (exact) mass is 221 g/mol. The van der Waals surface area contributed by atoms with Crippen molar-refractivity contribution >= 4 is 23.7 Å². The fourth-order valence-corrected chi connectivity index (χ4v) is 2.73. The topological polar surface area (TPSA) is 12.0 Å². The van der Waals surface area contributed by atoms with E-state index in [1.165, 1.54) is 21.8 Å². The number of likely N-dealkylation sites (N-methyl/N-ethyl adjacent to an activating group) is 1. The van der Waals surface area contributed by atoms with Crippen LogP contribution in [-0.2, 0) is 12.8 Å². The zero-order valence-corrected chi connectivity index (χ0v) is 9.10. The van der Waals surface area contributed by atoms with E-state index in [-0.39, 0.29) is 17.5 Å². The average molecular weight is 222 g/mol. The van der Waals surface area contributed by atoms with Gasteiger partial charge in [-0.1, -0.05) is 0 Å². The zero-order valence-electron chi connectivity index (χ0n) is 7.47. The van der Waals surface area contributed by atoms with Gasteiger partial charge < -0.3 is 5.32 Å². The second-order valence-electron chi connectivity index (χ2n) is 3.23. The minimum absolute atomic E-state index is 0. The molecule has 1 nitrogen and oxygen atoms in total. The van der Waals surface area contributed by atoms with Gasteiger partial charge in [-0.05, 0) is 37.9 Å². The van der Waals surface area contributed by atoms with Crippen molar-refractivity contribution in [2.75, 3.05) is 7.05 Å². The van der Waals surface area contributed by atoms with Gasteiger partial charge in [0, 0.05) is 10.9 Å². The third kappa shape index (κ3) is 2.22. The van der Waals surface area contributed by atoms with E-state index < -0.39 is 0 Å². The van der Waals surface area contributed by atoms with Gasteiger partial charge in [-0.25, -0.2) is 0 Å². The molecule has 0 aliphatic heterocycles. The van der Waals surface area contributed by atoms with Crippen molar-refractivity contribution in [1.82, 2.24) is 5.32 Å². The highest BCUT2D eigenvalue weighted by Crippen LogP contribution is 2.28. The number of aryl methyl sites for hydroxylation is 1. The molecule has 1 aliphatic carbocycles. The van der Waals surface area contributed by atoms with Crippen molar-refractivity contribution in [2.45, 2.75) is 25.3 Å². The Labute approximate surface area is 87.8 Å². The number of hydrogen-bond donors (Lipinski definition) is 1. The molecule has 0 unspecified atom stereocenters. The Balaban J connectivity index is 0.000000845. The summed E-state index contributed by atoms with van der Waals surface area (Å²) in [6.07, 6.45) is 3.17. The largest absolute Gasteiger partial charge is 0.317 e. The number of rotatable bonds is 1. The highest BCUT2D eigenvalue weighted by molar-refractivity contribution is 7.10. The van der Waals surface area contributed by atoms with Crippen LogP contribution in [-0.4, -0.2) is 13.1 Å². The maximum absolute atomic E-state index is 12.8. The minimum atomic E-state index is -0.0308. The highest BCUT2D eigenvalue weighted by atomic mass is 35.5. The van der Waals surface area contributed by atoms with Gasteiger partial charge in [0.15, 0.2) is 5.13 Å². The Bertz CT molecular complexity index is 287. The van der Waals surface area contributed by atoms with Crippen LogP contribution >= 0.6 is 23.7 Å². The maximum atomic E-state index is 12.8. The molecule has 0 spiro atoms. The lowest BCUT2D eigenvalue weighted by Gasteiger charge is -2.20. The summed E-state index contributed by atoms with van der Waals surface area (Å²) >= 11 is 1.30. The number of nitrogens with one attached hydrogen (secondary N) is 1. The molecule has 2 rings (SSSR count). The first-order valence-corrected chi connectivity index (χ1v) is 5.05. The van der Waals surface area contributed by atoms with Gasteiger partial charge in [-0.3, -0.25) is 0 Å². The average Bonchev–Trinajstić information content (AvgIpc) is 2.43. The first-order valence-electron chi connectivity index (χ1n) is 4.24. The van der Waals surface area contributed by atoms with E-state index in [0.29, 0.717) is 6.04 Å². The van der Waals surface area contributed by atoms with Crippen molar-refractivity contribution in [3.05, 3.63) is 21.6 Å². The van der Waals surface area contributed by atoms with Gasteiger partial charge >= 0.3 is 0 Å². The van der Waals surface area contributed by atoms with Crippen molar-refractivity contribution in [3.63, 3.8) is 0 Å². The smallest absolute Gasteiger partial charge is 0.176 e. The lowest BCUT2D eigenvalue weighted by atomic mass is 9.95. The first-order chi connectivity index (χ1) is 5.79. The Hall–Kier alpha value is -0.120. The summed E-state index contributed by atoms with van der Waals surface area (Å²) in [6, 6.07) is 2.24. The predicted octanol–water partition coefficient (Wildman–Crippen LogP) is 2.39. The third-order valence-electron chi connectivity index (χ3n) is 2.47. The summed E-state index contributed by atoms with van der Waals surface area (Å²) in [5.74, 6) is 0. The van der Waals surface area contributed by atoms with E-state index >= 15 is 0 Å². The molecule has 0 amide bonds. The van der Waals surface area contributed by atoms with E-state index in [1.807, 2.05) is 7.05 Å². The lowest BCUT2D eigenvalue weighted by molar-refractivity contribution is 0.501. The van der Waals surface area contributed by atoms with Crippen LogP contribution in [0.25, 0.3) is 0 Å². The van der Waals surface area contributed by atoms with Crippen LogP contribution in [0.15, 0.2) is 6.07 Å². The van der Waals surface area contributed by atoms with Crippen LogP contribution in [0.3, 0.4) is 0 Å². The van der Waals surface area contributed by atoms with E-state index in [4.69, 9.17) is 0 Å². The Morgan fingerprint density at radius 2 is 2.38 bits per heavy atom. The SMILES string of the molecule is CN[C@@H]1CCc2cc(F)sc2C1.Cl. The number of fused-ring (bicyclic) bond motifs is 1. The molecule has 1 atom stereocenters. The molecule has 13 heavy (non-hydrogen) atoms. The fourth-order valence-electron chi connectivity index (χ4n) is 1.72. The quantitative estimate of drug-likeness (QED) is 0.768. The van der Waals surface area contributed by atoms with Gasteiger partial charge in [0.2, 0.25) is 0 Å². The zero-order chi connectivity index (χ0) is 8.55. The van der Waals surface area contributed by atoms with E-state index in [0.717, 1.165) is 19.3 Å². The van der Waals surface area contributed by atoms with E-state index in [1.54, 1.807) is 6.07 Å². The molecule has 1 heterocycles. The molecule has 1 aromatic rings. The van der Waals surface area contributed by atoms with Crippen LogP contribution in [0.2, 0.25) is 0 Å². The molecule has 1 aromatic heterocycles. The summed E-state index contributed by atoms with van der Waals surface area (Å²) < 4.78 is 12.8. The molecular weight excluding hydrogens is 209 g/mol. The summed E-state index contributed by atoms with van der Waals surface area (Å²) in [7, 11) is 1.97. The van der Waals surface area contributed by atoms with Crippen molar-refractivity contribution in [3.8, 4) is 0 Å². The Morgan fingerprint density at radius 1 is 1.62 bits per heavy atom. The normalized spacial score (nSPS) is 20.6. The molecule has 74 valence electrons. The summed E-state index contributed by atoms with van der Waals surface area (Å²) in [5, 5.41) is 3.21. The summed E-state index contributed by atoms with van der Waals surface area (Å²) in [5.41, 5.74) is 1.23. The molecule has 0 saturated heterocycles. The molecule has 0 aromatic carbocycles. The standard InChI is InChI=1S/C9H12FNS.ClH/c1-11-7-3-2-6-4-9(10)12-8(6)5-7;/h4,7,11H,2-3,5H2,1H3;1H/t7-;/m1./s1. The van der Waals surface area contributed by atoms with Crippen molar-refractivity contribution in [2.24, 2.45) is 0 Å². The molecule has 0 saturated carbocycles. The van der Waals surface area contributed by atoms with E-state index in [9.17, 15) is 4.39 Å². The molecular formula is C9H13ClFNS. The Kier molecular flexibility index (Phi) is 3.71. The number of halogens is 2. The highest BCUT2D eigenvalue weighted by Gasteiger charge is 2.19. The van der Waals surface area contributed by atoms with E-state index in [2.05, 4.69) is 5.32 Å². The minimum Gasteiger partial charge on any atom is -0.317 e. The van der Waals surface area contributed by atoms with Gasteiger partial charge in [-0.15, -0.1) is 23.7 Å². The number of thiophene rings is 1. The van der Waals surface area contributed by atoms with Crippen LogP contribution in [0.1, 0.15) is 16.9 Å². The molecule has 0 bridgehead atoms. The van der Waals surface area contributed by atoms with Gasteiger partial charge in [0.05, 0.1) is 0 Å². The van der Waals surface area contributed by atoms with Crippen molar-refractivity contribution < 1.29 is 4.39 Å². The maximum Gasteiger partial charge on any atom is 0.176 e. The third-order valence-corrected chi connectivity index (χ3v) is 3.46. The predicted molar refractivity (Wildman–Crippen MR) is 56.4 cm³/mol. The molecule has 0 fully saturated rings.